The molecule has 0 radical (unpaired) electrons. The molecule has 6 heteroatoms. The van der Waals surface area contributed by atoms with Crippen molar-refractivity contribution >= 4 is 21.8 Å². The molecule has 2 saturated heterocycles. The van der Waals surface area contributed by atoms with Gasteiger partial charge in [0.1, 0.15) is 5.75 Å². The molecule has 2 heterocycles. The van der Waals surface area contributed by atoms with Crippen molar-refractivity contribution in [3.63, 3.8) is 0 Å². The first-order valence-electron chi connectivity index (χ1n) is 8.63. The predicted molar refractivity (Wildman–Crippen MR) is 98.3 cm³/mol. The average Bonchev–Trinajstić information content (AvgIpc) is 3.01. The summed E-state index contributed by atoms with van der Waals surface area (Å²) in [6.45, 7) is 9.34. The predicted octanol–water partition coefficient (Wildman–Crippen LogP) is 1.97. The SMILES string of the molecule is CC1(CN2CCN(C(=O)COc3ccc(Br)cc3)CC2)CCNC1. The van der Waals surface area contributed by atoms with Crippen LogP contribution in [-0.4, -0.2) is 68.1 Å². The van der Waals surface area contributed by atoms with E-state index in [1.54, 1.807) is 0 Å². The van der Waals surface area contributed by atoms with E-state index in [-0.39, 0.29) is 12.5 Å². The number of ether oxygens (including phenoxy) is 1. The van der Waals surface area contributed by atoms with E-state index in [4.69, 9.17) is 4.74 Å². The molecule has 24 heavy (non-hydrogen) atoms. The van der Waals surface area contributed by atoms with Crippen LogP contribution in [0.4, 0.5) is 0 Å². The molecule has 5 nitrogen and oxygen atoms in total. The van der Waals surface area contributed by atoms with Crippen LogP contribution in [0.2, 0.25) is 0 Å². The Kier molecular flexibility index (Phi) is 5.79. The maximum Gasteiger partial charge on any atom is 0.260 e. The number of benzene rings is 1. The van der Waals surface area contributed by atoms with Gasteiger partial charge < -0.3 is 15.0 Å². The number of piperazine rings is 1. The maximum absolute atomic E-state index is 12.3. The number of amides is 1. The first kappa shape index (κ1) is 17.7. The third kappa shape index (κ3) is 4.71. The molecule has 2 aliphatic rings. The summed E-state index contributed by atoms with van der Waals surface area (Å²) in [5.74, 6) is 0.804. The summed E-state index contributed by atoms with van der Waals surface area (Å²) in [6.07, 6.45) is 1.24. The first-order chi connectivity index (χ1) is 11.5. The Morgan fingerprint density at radius 1 is 1.25 bits per heavy atom. The molecular weight excluding hydrogens is 370 g/mol. The molecule has 0 aliphatic carbocycles. The van der Waals surface area contributed by atoms with Crippen molar-refractivity contribution in [2.24, 2.45) is 5.41 Å². The molecule has 2 aliphatic heterocycles. The summed E-state index contributed by atoms with van der Waals surface area (Å²) in [5.41, 5.74) is 0.386. The molecule has 1 unspecified atom stereocenters. The lowest BCUT2D eigenvalue weighted by Crippen LogP contribution is -2.52. The molecule has 1 aromatic carbocycles. The van der Waals surface area contributed by atoms with Gasteiger partial charge >= 0.3 is 0 Å². The molecule has 0 spiro atoms. The summed E-state index contributed by atoms with van der Waals surface area (Å²) in [7, 11) is 0. The fourth-order valence-electron chi connectivity index (χ4n) is 3.47. The number of carbonyl (C=O) groups excluding carboxylic acids is 1. The molecule has 1 amide bonds. The zero-order chi connectivity index (χ0) is 17.0. The van der Waals surface area contributed by atoms with Gasteiger partial charge in [0.2, 0.25) is 0 Å². The second-order valence-electron chi connectivity index (χ2n) is 7.14. The Balaban J connectivity index is 1.40. The average molecular weight is 396 g/mol. The molecule has 0 saturated carbocycles. The molecule has 3 rings (SSSR count). The van der Waals surface area contributed by atoms with Crippen LogP contribution in [0.1, 0.15) is 13.3 Å². The third-order valence-electron chi connectivity index (χ3n) is 4.96. The van der Waals surface area contributed by atoms with Crippen molar-refractivity contribution in [2.75, 3.05) is 52.4 Å². The van der Waals surface area contributed by atoms with Gasteiger partial charge in [-0.25, -0.2) is 0 Å². The summed E-state index contributed by atoms with van der Waals surface area (Å²) in [6, 6.07) is 7.56. The molecule has 1 atom stereocenters. The Morgan fingerprint density at radius 2 is 1.96 bits per heavy atom. The number of nitrogens with one attached hydrogen (secondary N) is 1. The second kappa shape index (κ2) is 7.85. The van der Waals surface area contributed by atoms with E-state index < -0.39 is 0 Å². The summed E-state index contributed by atoms with van der Waals surface area (Å²) >= 11 is 3.39. The Bertz CT molecular complexity index is 550. The lowest BCUT2D eigenvalue weighted by Gasteiger charge is -2.38. The minimum absolute atomic E-state index is 0.0753. The molecule has 1 aromatic rings. The van der Waals surface area contributed by atoms with E-state index in [0.717, 1.165) is 56.0 Å². The van der Waals surface area contributed by atoms with Gasteiger partial charge in [0.15, 0.2) is 6.61 Å². The molecular formula is C18H26BrN3O2. The molecule has 132 valence electrons. The number of nitrogens with zero attached hydrogens (tertiary/aromatic N) is 2. The molecule has 0 aromatic heterocycles. The van der Waals surface area contributed by atoms with Gasteiger partial charge in [0.25, 0.3) is 5.91 Å². The van der Waals surface area contributed by atoms with E-state index in [1.807, 2.05) is 29.2 Å². The number of hydrogen-bond donors (Lipinski definition) is 1. The zero-order valence-electron chi connectivity index (χ0n) is 14.3. The van der Waals surface area contributed by atoms with Crippen LogP contribution >= 0.6 is 15.9 Å². The van der Waals surface area contributed by atoms with Gasteiger partial charge in [0, 0.05) is 43.7 Å². The van der Waals surface area contributed by atoms with E-state index in [9.17, 15) is 4.79 Å². The van der Waals surface area contributed by atoms with Crippen LogP contribution in [0.25, 0.3) is 0 Å². The zero-order valence-corrected chi connectivity index (χ0v) is 15.8. The fourth-order valence-corrected chi connectivity index (χ4v) is 3.73. The highest BCUT2D eigenvalue weighted by atomic mass is 79.9. The Labute approximate surface area is 152 Å². The maximum atomic E-state index is 12.3. The number of carbonyl (C=O) groups is 1. The van der Waals surface area contributed by atoms with E-state index in [0.29, 0.717) is 5.41 Å². The van der Waals surface area contributed by atoms with Crippen LogP contribution in [-0.2, 0) is 4.79 Å². The first-order valence-corrected chi connectivity index (χ1v) is 9.43. The lowest BCUT2D eigenvalue weighted by molar-refractivity contribution is -0.135. The largest absolute Gasteiger partial charge is 0.484 e. The quantitative estimate of drug-likeness (QED) is 0.827. The van der Waals surface area contributed by atoms with Gasteiger partial charge in [-0.2, -0.15) is 0 Å². The van der Waals surface area contributed by atoms with Gasteiger partial charge in [-0.1, -0.05) is 22.9 Å². The monoisotopic (exact) mass is 395 g/mol. The van der Waals surface area contributed by atoms with Gasteiger partial charge in [-0.3, -0.25) is 9.69 Å². The van der Waals surface area contributed by atoms with Crippen molar-refractivity contribution < 1.29 is 9.53 Å². The van der Waals surface area contributed by atoms with Crippen LogP contribution in [0.15, 0.2) is 28.7 Å². The summed E-state index contributed by atoms with van der Waals surface area (Å²) in [5, 5.41) is 3.45. The van der Waals surface area contributed by atoms with Gasteiger partial charge in [-0.05, 0) is 42.6 Å². The van der Waals surface area contributed by atoms with Crippen molar-refractivity contribution in [3.8, 4) is 5.75 Å². The van der Waals surface area contributed by atoms with Gasteiger partial charge in [-0.15, -0.1) is 0 Å². The highest BCUT2D eigenvalue weighted by Gasteiger charge is 2.32. The topological polar surface area (TPSA) is 44.8 Å². The molecule has 2 fully saturated rings. The fraction of sp³-hybridized carbons (Fsp3) is 0.611. The standard InChI is InChI=1S/C18H26BrN3O2/c1-18(6-7-20-13-18)14-21-8-10-22(11-9-21)17(23)12-24-16-4-2-15(19)3-5-16/h2-5,20H,6-14H2,1H3. The highest BCUT2D eigenvalue weighted by molar-refractivity contribution is 9.10. The van der Waals surface area contributed by atoms with Gasteiger partial charge in [0.05, 0.1) is 0 Å². The molecule has 0 bridgehead atoms. The van der Waals surface area contributed by atoms with Crippen molar-refractivity contribution in [1.82, 2.24) is 15.1 Å². The van der Waals surface area contributed by atoms with Crippen molar-refractivity contribution in [2.45, 2.75) is 13.3 Å². The Morgan fingerprint density at radius 3 is 2.58 bits per heavy atom. The minimum Gasteiger partial charge on any atom is -0.484 e. The minimum atomic E-state index is 0.0753. The molecule has 1 N–H and O–H groups in total. The highest BCUT2D eigenvalue weighted by Crippen LogP contribution is 2.26. The van der Waals surface area contributed by atoms with E-state index in [1.165, 1.54) is 6.42 Å². The lowest BCUT2D eigenvalue weighted by atomic mass is 9.89. The number of hydrogen-bond acceptors (Lipinski definition) is 4. The number of rotatable bonds is 5. The van der Waals surface area contributed by atoms with Crippen LogP contribution in [0, 0.1) is 5.41 Å². The second-order valence-corrected chi connectivity index (χ2v) is 8.05. The van der Waals surface area contributed by atoms with Crippen molar-refractivity contribution in [1.29, 1.82) is 0 Å². The van der Waals surface area contributed by atoms with Crippen LogP contribution in [0.3, 0.4) is 0 Å². The Hall–Kier alpha value is -1.11. The number of halogens is 1. The summed E-state index contributed by atoms with van der Waals surface area (Å²) < 4.78 is 6.60. The third-order valence-corrected chi connectivity index (χ3v) is 5.49. The van der Waals surface area contributed by atoms with E-state index in [2.05, 4.69) is 33.1 Å². The smallest absolute Gasteiger partial charge is 0.260 e. The van der Waals surface area contributed by atoms with Crippen LogP contribution < -0.4 is 10.1 Å². The van der Waals surface area contributed by atoms with E-state index >= 15 is 0 Å². The normalized spacial score (nSPS) is 25.0. The van der Waals surface area contributed by atoms with Crippen molar-refractivity contribution in [3.05, 3.63) is 28.7 Å². The van der Waals surface area contributed by atoms with Crippen LogP contribution in [0.5, 0.6) is 5.75 Å². The summed E-state index contributed by atoms with van der Waals surface area (Å²) in [4.78, 5) is 16.7.